The van der Waals surface area contributed by atoms with E-state index in [1.807, 2.05) is 0 Å². The zero-order chi connectivity index (χ0) is 32.6. The van der Waals surface area contributed by atoms with Crippen LogP contribution in [-0.4, -0.2) is 0 Å². The van der Waals surface area contributed by atoms with Crippen LogP contribution in [-0.2, 0) is 5.41 Å². The molecule has 50 heavy (non-hydrogen) atoms. The van der Waals surface area contributed by atoms with Crippen molar-refractivity contribution in [3.63, 3.8) is 0 Å². The molecule has 0 aromatic heterocycles. The van der Waals surface area contributed by atoms with E-state index in [4.69, 9.17) is 0 Å². The van der Waals surface area contributed by atoms with E-state index >= 15 is 0 Å². The molecule has 5 aliphatic carbocycles. The Labute approximate surface area is 293 Å². The lowest BCUT2D eigenvalue weighted by Crippen LogP contribution is -2.55. The normalized spacial score (nSPS) is 24.5. The maximum absolute atomic E-state index is 2.59. The van der Waals surface area contributed by atoms with Crippen molar-refractivity contribution in [3.8, 4) is 33.4 Å². The lowest BCUT2D eigenvalue weighted by molar-refractivity contribution is -0.0399. The van der Waals surface area contributed by atoms with Crippen molar-refractivity contribution >= 4 is 43.1 Å². The maximum Gasteiger partial charge on any atom is 0.0271 e. The molecule has 0 heteroatoms. The molecule has 4 fully saturated rings. The zero-order valence-electron chi connectivity index (χ0n) is 28.2. The van der Waals surface area contributed by atoms with Crippen LogP contribution in [0.1, 0.15) is 43.2 Å². The van der Waals surface area contributed by atoms with Gasteiger partial charge >= 0.3 is 0 Å². The second-order valence-electron chi connectivity index (χ2n) is 16.0. The average molecular weight is 639 g/mol. The number of hydrogen-bond donors (Lipinski definition) is 0. The van der Waals surface area contributed by atoms with E-state index < -0.39 is 0 Å². The van der Waals surface area contributed by atoms with Crippen LogP contribution in [0.15, 0.2) is 146 Å². The fraction of sp³-hybridized carbons (Fsp3) is 0.200. The number of hydrogen-bond acceptors (Lipinski definition) is 0. The van der Waals surface area contributed by atoms with Gasteiger partial charge in [0, 0.05) is 5.41 Å². The fourth-order valence-corrected chi connectivity index (χ4v) is 12.3. The smallest absolute Gasteiger partial charge is 0.0271 e. The van der Waals surface area contributed by atoms with E-state index in [0.717, 1.165) is 23.7 Å². The third kappa shape index (κ3) is 3.47. The van der Waals surface area contributed by atoms with Gasteiger partial charge in [-0.05, 0) is 156 Å². The Morgan fingerprint density at radius 2 is 0.880 bits per heavy atom. The van der Waals surface area contributed by atoms with Crippen molar-refractivity contribution in [2.75, 3.05) is 0 Å². The highest BCUT2D eigenvalue weighted by molar-refractivity contribution is 6.25. The van der Waals surface area contributed by atoms with Gasteiger partial charge in [-0.3, -0.25) is 0 Å². The topological polar surface area (TPSA) is 0 Å². The molecule has 0 unspecified atom stereocenters. The summed E-state index contributed by atoms with van der Waals surface area (Å²) in [6.45, 7) is 0. The standard InChI is InChI=1S/C50H38/c1-2-12-36-32(11-1)28-45(38-14-4-3-13-37(36)38)49-42-18-7-5-16-40(42)48(41-17-6-8-19-43(41)49)33-21-22-47-44(29-33)39-15-9-10-20-46(39)50(47)34-24-30-23-31(26-34)27-35(50)25-30/h1-22,28-31,34-35H,23-27H2. The van der Waals surface area contributed by atoms with Crippen molar-refractivity contribution in [2.45, 2.75) is 37.5 Å². The summed E-state index contributed by atoms with van der Waals surface area (Å²) >= 11 is 0. The van der Waals surface area contributed by atoms with Crippen LogP contribution < -0.4 is 0 Å². The van der Waals surface area contributed by atoms with E-state index in [0.29, 0.717) is 0 Å². The lowest BCUT2D eigenvalue weighted by atomic mass is 9.43. The fourth-order valence-electron chi connectivity index (χ4n) is 12.3. The largest absolute Gasteiger partial charge is 0.0619 e. The first-order valence-electron chi connectivity index (χ1n) is 18.9. The van der Waals surface area contributed by atoms with Crippen molar-refractivity contribution in [2.24, 2.45) is 23.7 Å². The minimum absolute atomic E-state index is 0.197. The molecule has 1 spiro atoms. The molecule has 0 aliphatic heterocycles. The summed E-state index contributed by atoms with van der Waals surface area (Å²) < 4.78 is 0. The van der Waals surface area contributed by atoms with Gasteiger partial charge in [0.15, 0.2) is 0 Å². The van der Waals surface area contributed by atoms with Crippen LogP contribution in [0.3, 0.4) is 0 Å². The molecule has 13 rings (SSSR count). The molecule has 0 atom stereocenters. The van der Waals surface area contributed by atoms with Gasteiger partial charge in [-0.25, -0.2) is 0 Å². The zero-order valence-corrected chi connectivity index (χ0v) is 28.2. The van der Waals surface area contributed by atoms with Crippen LogP contribution >= 0.6 is 0 Å². The minimum atomic E-state index is 0.197. The summed E-state index contributed by atoms with van der Waals surface area (Å²) in [5.74, 6) is 3.47. The van der Waals surface area contributed by atoms with Crippen molar-refractivity contribution in [1.82, 2.24) is 0 Å². The van der Waals surface area contributed by atoms with Crippen molar-refractivity contribution in [3.05, 3.63) is 157 Å². The third-order valence-electron chi connectivity index (χ3n) is 13.8. The number of rotatable bonds is 2. The molecule has 0 heterocycles. The molecule has 5 aliphatic rings. The summed E-state index contributed by atoms with van der Waals surface area (Å²) in [6, 6.07) is 55.8. The van der Waals surface area contributed by atoms with E-state index in [1.54, 1.807) is 11.1 Å². The Kier molecular flexibility index (Phi) is 5.49. The van der Waals surface area contributed by atoms with Gasteiger partial charge in [0.1, 0.15) is 0 Å². The summed E-state index contributed by atoms with van der Waals surface area (Å²) in [7, 11) is 0. The number of fused-ring (bicyclic) bond motifs is 8. The molecule has 0 nitrogen and oxygen atoms in total. The van der Waals surface area contributed by atoms with Gasteiger partial charge in [-0.1, -0.05) is 133 Å². The van der Waals surface area contributed by atoms with Crippen LogP contribution in [0.5, 0.6) is 0 Å². The molecule has 0 radical (unpaired) electrons. The Morgan fingerprint density at radius 3 is 1.56 bits per heavy atom. The molecular formula is C50H38. The quantitative estimate of drug-likeness (QED) is 0.131. The maximum atomic E-state index is 2.59. The highest BCUT2D eigenvalue weighted by Crippen LogP contribution is 2.69. The Hall–Kier alpha value is -5.20. The predicted molar refractivity (Wildman–Crippen MR) is 211 cm³/mol. The van der Waals surface area contributed by atoms with Crippen LogP contribution in [0.2, 0.25) is 0 Å². The lowest BCUT2D eigenvalue weighted by Gasteiger charge is -2.61. The monoisotopic (exact) mass is 638 g/mol. The van der Waals surface area contributed by atoms with Crippen LogP contribution in [0.25, 0.3) is 76.5 Å². The molecule has 8 aromatic rings. The first-order valence-corrected chi connectivity index (χ1v) is 18.9. The second-order valence-corrected chi connectivity index (χ2v) is 16.0. The summed E-state index contributed by atoms with van der Waals surface area (Å²) in [5.41, 5.74) is 11.8. The summed E-state index contributed by atoms with van der Waals surface area (Å²) in [4.78, 5) is 0. The second kappa shape index (κ2) is 9.95. The summed E-state index contributed by atoms with van der Waals surface area (Å²) in [5, 5.41) is 10.5. The number of benzene rings is 8. The minimum Gasteiger partial charge on any atom is -0.0619 e. The Morgan fingerprint density at radius 1 is 0.360 bits per heavy atom. The van der Waals surface area contributed by atoms with Gasteiger partial charge in [0.05, 0.1) is 0 Å². The van der Waals surface area contributed by atoms with E-state index in [9.17, 15) is 0 Å². The molecule has 0 N–H and O–H groups in total. The first-order chi connectivity index (χ1) is 24.8. The average Bonchev–Trinajstić information content (AvgIpc) is 3.45. The highest BCUT2D eigenvalue weighted by Gasteiger charge is 2.61. The predicted octanol–water partition coefficient (Wildman–Crippen LogP) is 13.4. The Balaban J connectivity index is 1.14. The van der Waals surface area contributed by atoms with E-state index in [2.05, 4.69) is 146 Å². The van der Waals surface area contributed by atoms with Gasteiger partial charge in [-0.2, -0.15) is 0 Å². The molecule has 4 bridgehead atoms. The first kappa shape index (κ1) is 27.6. The molecule has 8 aromatic carbocycles. The van der Waals surface area contributed by atoms with Gasteiger partial charge < -0.3 is 0 Å². The van der Waals surface area contributed by atoms with E-state index in [-0.39, 0.29) is 5.41 Å². The summed E-state index contributed by atoms with van der Waals surface area (Å²) in [6.07, 6.45) is 7.17. The van der Waals surface area contributed by atoms with Crippen molar-refractivity contribution < 1.29 is 0 Å². The third-order valence-corrected chi connectivity index (χ3v) is 13.8. The van der Waals surface area contributed by atoms with Crippen LogP contribution in [0, 0.1) is 23.7 Å². The van der Waals surface area contributed by atoms with Gasteiger partial charge in [0.25, 0.3) is 0 Å². The highest BCUT2D eigenvalue weighted by atomic mass is 14.6. The SMILES string of the molecule is c1ccc2c(c1)-c1cc(-c3c4ccccc4c(-c4cc5ccccc5c5ccccc45)c4ccccc34)ccc1C21C2CC3CC(C2)CC1C3. The van der Waals surface area contributed by atoms with Crippen LogP contribution in [0.4, 0.5) is 0 Å². The molecule has 4 saturated carbocycles. The molecular weight excluding hydrogens is 601 g/mol. The molecule has 0 amide bonds. The molecule has 0 saturated heterocycles. The van der Waals surface area contributed by atoms with Crippen molar-refractivity contribution in [1.29, 1.82) is 0 Å². The van der Waals surface area contributed by atoms with Gasteiger partial charge in [0.2, 0.25) is 0 Å². The van der Waals surface area contributed by atoms with E-state index in [1.165, 1.54) is 109 Å². The Bertz CT molecular complexity index is 2640. The molecule has 238 valence electrons. The van der Waals surface area contributed by atoms with Gasteiger partial charge in [-0.15, -0.1) is 0 Å².